The lowest BCUT2D eigenvalue weighted by atomic mass is 9.89. The summed E-state index contributed by atoms with van der Waals surface area (Å²) in [6.07, 6.45) is 1.05. The predicted molar refractivity (Wildman–Crippen MR) is 77.8 cm³/mol. The second-order valence-corrected chi connectivity index (χ2v) is 5.85. The molecule has 1 heterocycles. The van der Waals surface area contributed by atoms with Gasteiger partial charge in [-0.15, -0.1) is 0 Å². The topological polar surface area (TPSA) is 96.1 Å². The van der Waals surface area contributed by atoms with Crippen LogP contribution in [-0.4, -0.2) is 27.7 Å². The molecule has 1 aromatic heterocycles. The third kappa shape index (κ3) is 5.85. The molecule has 0 aliphatic heterocycles. The van der Waals surface area contributed by atoms with Crippen molar-refractivity contribution in [1.82, 2.24) is 9.97 Å². The van der Waals surface area contributed by atoms with Gasteiger partial charge in [0.2, 0.25) is 0 Å². The molecule has 0 saturated heterocycles. The van der Waals surface area contributed by atoms with E-state index in [1.54, 1.807) is 6.07 Å². The van der Waals surface area contributed by atoms with Crippen molar-refractivity contribution in [3.05, 3.63) is 11.9 Å². The van der Waals surface area contributed by atoms with Crippen LogP contribution in [0.1, 0.15) is 39.9 Å². The van der Waals surface area contributed by atoms with Crippen LogP contribution in [0.15, 0.2) is 6.07 Å². The Morgan fingerprint density at radius 2 is 1.95 bits per heavy atom. The number of nitrogens with zero attached hydrogens (tertiary/aromatic N) is 2. The number of aromatic nitrogens is 2. The normalized spacial score (nSPS) is 13.2. The minimum Gasteiger partial charge on any atom is -0.391 e. The number of anilines is 2. The molecule has 1 unspecified atom stereocenters. The molecule has 0 bridgehead atoms. The zero-order valence-corrected chi connectivity index (χ0v) is 12.2. The van der Waals surface area contributed by atoms with Gasteiger partial charge in [-0.3, -0.25) is 0 Å². The molecule has 0 spiro atoms. The summed E-state index contributed by atoms with van der Waals surface area (Å²) < 4.78 is 0. The van der Waals surface area contributed by atoms with E-state index in [0.29, 0.717) is 24.0 Å². The maximum atomic E-state index is 9.95. The monoisotopic (exact) mass is 267 g/mol. The zero-order valence-electron chi connectivity index (χ0n) is 12.2. The molecule has 1 rings (SSSR count). The number of nitrogens with two attached hydrogens (primary N) is 1. The number of hydrogen-bond acceptors (Lipinski definition) is 6. The molecule has 6 nitrogen and oxygen atoms in total. The maximum Gasteiger partial charge on any atom is 0.145 e. The van der Waals surface area contributed by atoms with Crippen molar-refractivity contribution in [2.75, 3.05) is 17.3 Å². The van der Waals surface area contributed by atoms with Gasteiger partial charge in [-0.1, -0.05) is 27.7 Å². The second kappa shape index (κ2) is 6.68. The van der Waals surface area contributed by atoms with Crippen LogP contribution < -0.4 is 16.6 Å². The highest BCUT2D eigenvalue weighted by Crippen LogP contribution is 2.21. The molecule has 0 aliphatic carbocycles. The molecule has 1 aromatic rings. The van der Waals surface area contributed by atoms with Crippen LogP contribution in [0.2, 0.25) is 0 Å². The summed E-state index contributed by atoms with van der Waals surface area (Å²) in [7, 11) is 0. The van der Waals surface area contributed by atoms with Gasteiger partial charge >= 0.3 is 0 Å². The zero-order chi connectivity index (χ0) is 14.5. The molecule has 1 atom stereocenters. The Labute approximate surface area is 114 Å². The number of nitrogens with one attached hydrogen (secondary N) is 2. The lowest BCUT2D eigenvalue weighted by molar-refractivity contribution is 0.132. The van der Waals surface area contributed by atoms with Crippen molar-refractivity contribution in [3.63, 3.8) is 0 Å². The first kappa shape index (κ1) is 15.7. The average Bonchev–Trinajstić information content (AvgIpc) is 2.33. The Hall–Kier alpha value is -1.40. The van der Waals surface area contributed by atoms with Gasteiger partial charge < -0.3 is 15.8 Å². The quantitative estimate of drug-likeness (QED) is 0.461. The lowest BCUT2D eigenvalue weighted by Gasteiger charge is -2.22. The van der Waals surface area contributed by atoms with Crippen molar-refractivity contribution in [1.29, 1.82) is 0 Å². The summed E-state index contributed by atoms with van der Waals surface area (Å²) in [4.78, 5) is 8.55. The van der Waals surface area contributed by atoms with E-state index in [-0.39, 0.29) is 5.41 Å². The number of nitrogen functional groups attached to an aromatic ring is 1. The number of aliphatic hydroxyl groups is 1. The van der Waals surface area contributed by atoms with Gasteiger partial charge in [0.25, 0.3) is 0 Å². The molecule has 0 aromatic carbocycles. The van der Waals surface area contributed by atoms with Crippen LogP contribution >= 0.6 is 0 Å². The van der Waals surface area contributed by atoms with Crippen molar-refractivity contribution in [3.8, 4) is 0 Å². The number of hydrogen-bond donors (Lipinski definition) is 4. The first-order valence-electron chi connectivity index (χ1n) is 6.60. The van der Waals surface area contributed by atoms with Crippen LogP contribution in [0.5, 0.6) is 0 Å². The molecule has 6 heteroatoms. The Morgan fingerprint density at radius 3 is 2.47 bits per heavy atom. The van der Waals surface area contributed by atoms with E-state index in [1.165, 1.54) is 0 Å². The van der Waals surface area contributed by atoms with Crippen molar-refractivity contribution in [2.45, 2.75) is 46.6 Å². The summed E-state index contributed by atoms with van der Waals surface area (Å²) >= 11 is 0. The number of hydrazine groups is 1. The van der Waals surface area contributed by atoms with Gasteiger partial charge in [0, 0.05) is 19.0 Å². The Bertz CT molecular complexity index is 380. The highest BCUT2D eigenvalue weighted by molar-refractivity contribution is 5.46. The van der Waals surface area contributed by atoms with Crippen molar-refractivity contribution in [2.24, 2.45) is 11.3 Å². The van der Waals surface area contributed by atoms with Crippen LogP contribution in [0, 0.1) is 5.41 Å². The Morgan fingerprint density at radius 1 is 1.32 bits per heavy atom. The molecule has 0 fully saturated rings. The lowest BCUT2D eigenvalue weighted by Crippen LogP contribution is -2.25. The SMILES string of the molecule is CCc1nc(NN)cc(NCC(O)CC(C)(C)C)n1. The summed E-state index contributed by atoms with van der Waals surface area (Å²) in [6.45, 7) is 8.75. The highest BCUT2D eigenvalue weighted by atomic mass is 16.3. The van der Waals surface area contributed by atoms with Gasteiger partial charge in [0.1, 0.15) is 17.5 Å². The van der Waals surface area contributed by atoms with E-state index < -0.39 is 6.10 Å². The third-order valence-electron chi connectivity index (χ3n) is 2.60. The summed E-state index contributed by atoms with van der Waals surface area (Å²) in [5.41, 5.74) is 2.62. The van der Waals surface area contributed by atoms with Crippen molar-refractivity contribution < 1.29 is 5.11 Å². The smallest absolute Gasteiger partial charge is 0.145 e. The average molecular weight is 267 g/mol. The van der Waals surface area contributed by atoms with Gasteiger partial charge in [-0.2, -0.15) is 0 Å². The van der Waals surface area contributed by atoms with Crippen LogP contribution in [0.25, 0.3) is 0 Å². The largest absolute Gasteiger partial charge is 0.391 e. The first-order valence-corrected chi connectivity index (χ1v) is 6.60. The fraction of sp³-hybridized carbons (Fsp3) is 0.692. The number of aliphatic hydroxyl groups excluding tert-OH is 1. The van der Waals surface area contributed by atoms with Crippen LogP contribution in [-0.2, 0) is 6.42 Å². The predicted octanol–water partition coefficient (Wildman–Crippen LogP) is 1.53. The molecular formula is C13H25N5O. The van der Waals surface area contributed by atoms with Crippen LogP contribution in [0.3, 0.4) is 0 Å². The van der Waals surface area contributed by atoms with E-state index in [1.807, 2.05) is 6.92 Å². The maximum absolute atomic E-state index is 9.95. The summed E-state index contributed by atoms with van der Waals surface area (Å²) in [6, 6.07) is 1.73. The molecule has 0 aliphatic rings. The van der Waals surface area contributed by atoms with Gasteiger partial charge in [-0.25, -0.2) is 15.8 Å². The fourth-order valence-corrected chi connectivity index (χ4v) is 1.82. The van der Waals surface area contributed by atoms with Crippen LogP contribution in [0.4, 0.5) is 11.6 Å². The molecule has 0 radical (unpaired) electrons. The third-order valence-corrected chi connectivity index (χ3v) is 2.60. The fourth-order valence-electron chi connectivity index (χ4n) is 1.82. The minimum atomic E-state index is -0.408. The molecule has 108 valence electrons. The van der Waals surface area contributed by atoms with Gasteiger partial charge in [-0.05, 0) is 11.8 Å². The molecule has 19 heavy (non-hydrogen) atoms. The Kier molecular flexibility index (Phi) is 5.50. The Balaban J connectivity index is 2.62. The standard InChI is InChI=1S/C13H25N5O/c1-5-10-16-11(6-12(17-10)18-14)15-8-9(19)7-13(2,3)4/h6,9,19H,5,7-8,14H2,1-4H3,(H2,15,16,17,18). The summed E-state index contributed by atoms with van der Waals surface area (Å²) in [5, 5.41) is 13.1. The summed E-state index contributed by atoms with van der Waals surface area (Å²) in [5.74, 6) is 7.32. The number of aryl methyl sites for hydroxylation is 1. The molecule has 5 N–H and O–H groups in total. The molecule has 0 saturated carbocycles. The number of rotatable bonds is 6. The second-order valence-electron chi connectivity index (χ2n) is 5.85. The van der Waals surface area contributed by atoms with E-state index in [4.69, 9.17) is 5.84 Å². The van der Waals surface area contributed by atoms with Gasteiger partial charge in [0.15, 0.2) is 0 Å². The van der Waals surface area contributed by atoms with Crippen molar-refractivity contribution >= 4 is 11.6 Å². The molecule has 0 amide bonds. The van der Waals surface area contributed by atoms with E-state index in [2.05, 4.69) is 41.5 Å². The van der Waals surface area contributed by atoms with E-state index >= 15 is 0 Å². The van der Waals surface area contributed by atoms with Gasteiger partial charge in [0.05, 0.1) is 6.10 Å². The van der Waals surface area contributed by atoms with E-state index in [9.17, 15) is 5.11 Å². The van der Waals surface area contributed by atoms with E-state index in [0.717, 1.165) is 12.8 Å². The highest BCUT2D eigenvalue weighted by Gasteiger charge is 2.16. The minimum absolute atomic E-state index is 0.103. The first-order chi connectivity index (χ1) is 8.84. The molecular weight excluding hydrogens is 242 g/mol.